The Kier molecular flexibility index (Phi) is 6.08. The highest BCUT2D eigenvalue weighted by molar-refractivity contribution is 5.77. The van der Waals surface area contributed by atoms with Gasteiger partial charge < -0.3 is 4.90 Å². The summed E-state index contributed by atoms with van der Waals surface area (Å²) >= 11 is 0. The zero-order valence-electron chi connectivity index (χ0n) is 10.6. The third kappa shape index (κ3) is 4.85. The molecule has 0 spiro atoms. The van der Waals surface area contributed by atoms with Crippen LogP contribution in [-0.4, -0.2) is 23.9 Å². The Morgan fingerprint density at radius 3 is 2.59 bits per heavy atom. The van der Waals surface area contributed by atoms with E-state index in [1.54, 1.807) is 6.08 Å². The number of carbonyl (C=O) groups is 1. The summed E-state index contributed by atoms with van der Waals surface area (Å²) < 4.78 is 0. The summed E-state index contributed by atoms with van der Waals surface area (Å²) in [6, 6.07) is 0. The maximum atomic E-state index is 11.8. The highest BCUT2D eigenvalue weighted by Crippen LogP contribution is 2.16. The number of rotatable bonds is 4. The topological polar surface area (TPSA) is 20.3 Å². The van der Waals surface area contributed by atoms with Gasteiger partial charge in [-0.05, 0) is 19.8 Å². The Morgan fingerprint density at radius 2 is 2.00 bits per heavy atom. The first-order valence-electron chi connectivity index (χ1n) is 6.14. The molecule has 92 valence electrons. The first-order chi connectivity index (χ1) is 8.27. The van der Waals surface area contributed by atoms with Crippen LogP contribution in [0.3, 0.4) is 0 Å². The van der Waals surface area contributed by atoms with Gasteiger partial charge >= 0.3 is 0 Å². The molecular formula is C15H21NO. The average Bonchev–Trinajstić information content (AvgIpc) is 2.38. The molecule has 1 heterocycles. The Bertz CT molecular complexity index is 340. The number of amides is 1. The Morgan fingerprint density at radius 1 is 1.29 bits per heavy atom. The van der Waals surface area contributed by atoms with Gasteiger partial charge in [-0.1, -0.05) is 48.6 Å². The molecule has 1 saturated heterocycles. The van der Waals surface area contributed by atoms with E-state index in [0.29, 0.717) is 6.42 Å². The van der Waals surface area contributed by atoms with Crippen LogP contribution in [0, 0.1) is 0 Å². The average molecular weight is 231 g/mol. The Hall–Kier alpha value is -1.57. The highest BCUT2D eigenvalue weighted by Gasteiger charge is 2.16. The van der Waals surface area contributed by atoms with E-state index < -0.39 is 0 Å². The lowest BCUT2D eigenvalue weighted by Crippen LogP contribution is -2.35. The number of hydrogen-bond donors (Lipinski definition) is 0. The van der Waals surface area contributed by atoms with Crippen LogP contribution in [0.25, 0.3) is 0 Å². The molecule has 2 heteroatoms. The van der Waals surface area contributed by atoms with E-state index in [1.807, 2.05) is 29.2 Å². The van der Waals surface area contributed by atoms with Gasteiger partial charge in [0.2, 0.25) is 5.91 Å². The van der Waals surface area contributed by atoms with Crippen LogP contribution in [0.5, 0.6) is 0 Å². The maximum Gasteiger partial charge on any atom is 0.226 e. The fraction of sp³-hybridized carbons (Fsp3) is 0.400. The SMILES string of the molecule is C=C/C=C\C=C\CC(=O)N1CCC(=CC)CC1. The molecule has 2 nitrogen and oxygen atoms in total. The van der Waals surface area contributed by atoms with E-state index in [-0.39, 0.29) is 5.91 Å². The largest absolute Gasteiger partial charge is 0.342 e. The molecule has 0 bridgehead atoms. The van der Waals surface area contributed by atoms with Crippen LogP contribution < -0.4 is 0 Å². The van der Waals surface area contributed by atoms with Crippen molar-refractivity contribution in [3.8, 4) is 0 Å². The van der Waals surface area contributed by atoms with Crippen LogP contribution in [0.1, 0.15) is 26.2 Å². The lowest BCUT2D eigenvalue weighted by atomic mass is 10.0. The summed E-state index contributed by atoms with van der Waals surface area (Å²) in [6.45, 7) is 7.39. The zero-order valence-corrected chi connectivity index (χ0v) is 10.6. The molecule has 0 atom stereocenters. The lowest BCUT2D eigenvalue weighted by Gasteiger charge is -2.28. The first-order valence-corrected chi connectivity index (χ1v) is 6.14. The molecule has 1 rings (SSSR count). The van der Waals surface area contributed by atoms with Gasteiger partial charge in [0.15, 0.2) is 0 Å². The fourth-order valence-electron chi connectivity index (χ4n) is 1.85. The predicted octanol–water partition coefficient (Wildman–Crippen LogP) is 3.24. The Balaban J connectivity index is 2.32. The standard InChI is InChI=1S/C15H21NO/c1-3-5-6-7-8-9-15(17)16-12-10-14(4-2)11-13-16/h3-8H,1,9-13H2,2H3/b6-5-,8-7+. The van der Waals surface area contributed by atoms with Crippen molar-refractivity contribution in [2.24, 2.45) is 0 Å². The van der Waals surface area contributed by atoms with E-state index in [2.05, 4.69) is 19.6 Å². The van der Waals surface area contributed by atoms with Crippen molar-refractivity contribution in [2.75, 3.05) is 13.1 Å². The number of carbonyl (C=O) groups excluding carboxylic acids is 1. The molecule has 0 aromatic rings. The molecule has 0 N–H and O–H groups in total. The third-order valence-corrected chi connectivity index (χ3v) is 2.95. The van der Waals surface area contributed by atoms with Gasteiger partial charge in [0.1, 0.15) is 0 Å². The van der Waals surface area contributed by atoms with Gasteiger partial charge in [-0.15, -0.1) is 0 Å². The monoisotopic (exact) mass is 231 g/mol. The smallest absolute Gasteiger partial charge is 0.226 e. The van der Waals surface area contributed by atoms with Crippen LogP contribution in [0.2, 0.25) is 0 Å². The summed E-state index contributed by atoms with van der Waals surface area (Å²) in [5.74, 6) is 0.225. The molecule has 0 unspecified atom stereocenters. The highest BCUT2D eigenvalue weighted by atomic mass is 16.2. The molecule has 0 radical (unpaired) electrons. The molecule has 0 saturated carbocycles. The number of nitrogens with zero attached hydrogens (tertiary/aromatic N) is 1. The van der Waals surface area contributed by atoms with Gasteiger partial charge in [-0.25, -0.2) is 0 Å². The van der Waals surface area contributed by atoms with Gasteiger partial charge in [0.25, 0.3) is 0 Å². The number of piperidine rings is 1. The summed E-state index contributed by atoms with van der Waals surface area (Å²) in [6.07, 6.45) is 14.0. The Labute approximate surface area is 104 Å². The quantitative estimate of drug-likeness (QED) is 0.537. The van der Waals surface area contributed by atoms with Crippen LogP contribution in [0.15, 0.2) is 48.6 Å². The minimum atomic E-state index is 0.225. The van der Waals surface area contributed by atoms with Gasteiger partial charge in [0.05, 0.1) is 0 Å². The van der Waals surface area contributed by atoms with E-state index in [9.17, 15) is 4.79 Å². The van der Waals surface area contributed by atoms with Crippen molar-refractivity contribution in [2.45, 2.75) is 26.2 Å². The molecule has 17 heavy (non-hydrogen) atoms. The lowest BCUT2D eigenvalue weighted by molar-refractivity contribution is -0.130. The zero-order chi connectivity index (χ0) is 12.5. The normalized spacial score (nSPS) is 16.8. The molecule has 1 aliphatic rings. The minimum absolute atomic E-state index is 0.225. The van der Waals surface area contributed by atoms with E-state index >= 15 is 0 Å². The van der Waals surface area contributed by atoms with Gasteiger partial charge in [0, 0.05) is 19.5 Å². The molecule has 0 aliphatic carbocycles. The molecule has 1 aliphatic heterocycles. The summed E-state index contributed by atoms with van der Waals surface area (Å²) in [5.41, 5.74) is 1.47. The third-order valence-electron chi connectivity index (χ3n) is 2.95. The van der Waals surface area contributed by atoms with Crippen LogP contribution >= 0.6 is 0 Å². The first kappa shape index (κ1) is 13.5. The minimum Gasteiger partial charge on any atom is -0.342 e. The molecule has 0 aromatic heterocycles. The second-order valence-corrected chi connectivity index (χ2v) is 4.08. The van der Waals surface area contributed by atoms with Crippen molar-refractivity contribution < 1.29 is 4.79 Å². The van der Waals surface area contributed by atoms with Crippen LogP contribution in [-0.2, 0) is 4.79 Å². The summed E-state index contributed by atoms with van der Waals surface area (Å²) in [7, 11) is 0. The van der Waals surface area contributed by atoms with E-state index in [1.165, 1.54) is 5.57 Å². The van der Waals surface area contributed by atoms with E-state index in [0.717, 1.165) is 25.9 Å². The van der Waals surface area contributed by atoms with Crippen molar-refractivity contribution in [3.63, 3.8) is 0 Å². The second-order valence-electron chi connectivity index (χ2n) is 4.08. The molecule has 1 amide bonds. The summed E-state index contributed by atoms with van der Waals surface area (Å²) in [4.78, 5) is 13.8. The fourth-order valence-corrected chi connectivity index (χ4v) is 1.85. The van der Waals surface area contributed by atoms with Crippen molar-refractivity contribution in [3.05, 3.63) is 48.6 Å². The maximum absolute atomic E-state index is 11.8. The molecule has 1 fully saturated rings. The van der Waals surface area contributed by atoms with Crippen molar-refractivity contribution in [1.29, 1.82) is 0 Å². The van der Waals surface area contributed by atoms with Crippen LogP contribution in [0.4, 0.5) is 0 Å². The molecular weight excluding hydrogens is 210 g/mol. The number of hydrogen-bond acceptors (Lipinski definition) is 1. The van der Waals surface area contributed by atoms with Gasteiger partial charge in [-0.2, -0.15) is 0 Å². The predicted molar refractivity (Wildman–Crippen MR) is 72.7 cm³/mol. The van der Waals surface area contributed by atoms with E-state index in [4.69, 9.17) is 0 Å². The second kappa shape index (κ2) is 7.66. The molecule has 0 aromatic carbocycles. The van der Waals surface area contributed by atoms with Crippen molar-refractivity contribution >= 4 is 5.91 Å². The number of allylic oxidation sites excluding steroid dienone is 5. The number of likely N-dealkylation sites (tertiary alicyclic amines) is 1. The van der Waals surface area contributed by atoms with Gasteiger partial charge in [-0.3, -0.25) is 4.79 Å². The van der Waals surface area contributed by atoms with Crippen molar-refractivity contribution in [1.82, 2.24) is 4.90 Å². The summed E-state index contributed by atoms with van der Waals surface area (Å²) in [5, 5.41) is 0.